The minimum atomic E-state index is -0.230. The van der Waals surface area contributed by atoms with Crippen molar-refractivity contribution in [3.8, 4) is 0 Å². The first-order chi connectivity index (χ1) is 12.5. The quantitative estimate of drug-likeness (QED) is 0.705. The van der Waals surface area contributed by atoms with Crippen molar-refractivity contribution in [3.63, 3.8) is 0 Å². The Morgan fingerprint density at radius 2 is 1.58 bits per heavy atom. The van der Waals surface area contributed by atoms with Crippen LogP contribution >= 0.6 is 0 Å². The molecule has 0 spiro atoms. The van der Waals surface area contributed by atoms with Crippen molar-refractivity contribution in [2.45, 2.75) is 27.2 Å². The summed E-state index contributed by atoms with van der Waals surface area (Å²) >= 11 is 0. The van der Waals surface area contributed by atoms with Crippen LogP contribution in [-0.4, -0.2) is 15.9 Å². The first-order valence-corrected chi connectivity index (χ1v) is 8.62. The molecular formula is C21H22N4O. The molecule has 5 heteroatoms. The summed E-state index contributed by atoms with van der Waals surface area (Å²) in [6, 6.07) is 13.9. The van der Waals surface area contributed by atoms with Crippen LogP contribution in [0.1, 0.15) is 34.0 Å². The van der Waals surface area contributed by atoms with E-state index < -0.39 is 0 Å². The van der Waals surface area contributed by atoms with Crippen LogP contribution in [0.15, 0.2) is 54.9 Å². The minimum absolute atomic E-state index is 0.230. The second kappa shape index (κ2) is 7.78. The van der Waals surface area contributed by atoms with Crippen molar-refractivity contribution < 1.29 is 4.79 Å². The van der Waals surface area contributed by atoms with E-state index in [2.05, 4.69) is 41.4 Å². The van der Waals surface area contributed by atoms with Crippen LogP contribution in [0.5, 0.6) is 0 Å². The number of aromatic nitrogens is 2. The van der Waals surface area contributed by atoms with Crippen molar-refractivity contribution in [1.82, 2.24) is 9.97 Å². The van der Waals surface area contributed by atoms with Gasteiger partial charge in [0, 0.05) is 23.8 Å². The van der Waals surface area contributed by atoms with Gasteiger partial charge in [-0.05, 0) is 61.2 Å². The van der Waals surface area contributed by atoms with Gasteiger partial charge >= 0.3 is 0 Å². The second-order valence-corrected chi connectivity index (χ2v) is 6.22. The number of benzene rings is 2. The van der Waals surface area contributed by atoms with E-state index in [0.29, 0.717) is 11.5 Å². The lowest BCUT2D eigenvalue weighted by Crippen LogP contribution is -2.13. The van der Waals surface area contributed by atoms with Crippen LogP contribution in [0.4, 0.5) is 17.3 Å². The van der Waals surface area contributed by atoms with E-state index in [1.807, 2.05) is 42.5 Å². The van der Waals surface area contributed by atoms with Gasteiger partial charge in [-0.25, -0.2) is 9.97 Å². The Hall–Kier alpha value is -3.21. The first-order valence-electron chi connectivity index (χ1n) is 8.62. The third-order valence-corrected chi connectivity index (χ3v) is 4.30. The molecule has 0 fully saturated rings. The summed E-state index contributed by atoms with van der Waals surface area (Å²) in [4.78, 5) is 20.8. The van der Waals surface area contributed by atoms with E-state index in [-0.39, 0.29) is 5.91 Å². The Labute approximate surface area is 153 Å². The van der Waals surface area contributed by atoms with Crippen LogP contribution in [0, 0.1) is 13.8 Å². The molecule has 132 valence electrons. The maximum absolute atomic E-state index is 12.3. The van der Waals surface area contributed by atoms with Gasteiger partial charge in [-0.2, -0.15) is 0 Å². The van der Waals surface area contributed by atoms with Gasteiger partial charge in [-0.3, -0.25) is 4.79 Å². The maximum Gasteiger partial charge on any atom is 0.258 e. The molecule has 1 amide bonds. The van der Waals surface area contributed by atoms with Crippen molar-refractivity contribution in [2.24, 2.45) is 0 Å². The van der Waals surface area contributed by atoms with Crippen LogP contribution in [0.2, 0.25) is 0 Å². The molecule has 1 heterocycles. The van der Waals surface area contributed by atoms with Gasteiger partial charge in [0.2, 0.25) is 5.95 Å². The molecule has 0 atom stereocenters. The summed E-state index contributed by atoms with van der Waals surface area (Å²) in [6.45, 7) is 6.22. The number of anilines is 3. The number of nitrogens with zero attached hydrogens (tertiary/aromatic N) is 2. The van der Waals surface area contributed by atoms with Gasteiger partial charge in [0.1, 0.15) is 0 Å². The Kier molecular flexibility index (Phi) is 5.27. The van der Waals surface area contributed by atoms with Crippen LogP contribution in [0.25, 0.3) is 0 Å². The summed E-state index contributed by atoms with van der Waals surface area (Å²) in [5, 5.41) is 6.00. The number of carbonyl (C=O) groups is 1. The van der Waals surface area contributed by atoms with Crippen molar-refractivity contribution in [1.29, 1.82) is 0 Å². The molecule has 0 aliphatic rings. The predicted molar refractivity (Wildman–Crippen MR) is 105 cm³/mol. The number of hydrogen-bond donors (Lipinski definition) is 2. The number of aryl methyl sites for hydroxylation is 3. The third kappa shape index (κ3) is 4.25. The summed E-state index contributed by atoms with van der Waals surface area (Å²) in [7, 11) is 0. The van der Waals surface area contributed by atoms with E-state index >= 15 is 0 Å². The predicted octanol–water partition coefficient (Wildman–Crippen LogP) is 4.65. The van der Waals surface area contributed by atoms with E-state index in [1.54, 1.807) is 0 Å². The fourth-order valence-electron chi connectivity index (χ4n) is 2.49. The molecule has 3 aromatic rings. The molecule has 0 unspecified atom stereocenters. The minimum Gasteiger partial charge on any atom is -0.324 e. The van der Waals surface area contributed by atoms with E-state index in [1.165, 1.54) is 29.1 Å². The average Bonchev–Trinajstić information content (AvgIpc) is 2.66. The van der Waals surface area contributed by atoms with E-state index in [4.69, 9.17) is 0 Å². The molecule has 2 N–H and O–H groups in total. The lowest BCUT2D eigenvalue weighted by molar-refractivity contribution is 0.102. The molecule has 0 saturated heterocycles. The Morgan fingerprint density at radius 3 is 2.19 bits per heavy atom. The maximum atomic E-state index is 12.3. The largest absolute Gasteiger partial charge is 0.324 e. The standard InChI is InChI=1S/C21H22N4O/c1-4-16-6-9-18(10-7-16)24-20(26)17-12-22-21(23-13-17)25-19-8-5-14(2)15(3)11-19/h5-13H,4H2,1-3H3,(H,24,26)(H,22,23,25). The number of amides is 1. The highest BCUT2D eigenvalue weighted by molar-refractivity contribution is 6.03. The molecule has 26 heavy (non-hydrogen) atoms. The summed E-state index contributed by atoms with van der Waals surface area (Å²) in [5.74, 6) is 0.226. The summed E-state index contributed by atoms with van der Waals surface area (Å²) in [5.41, 5.74) is 5.74. The topological polar surface area (TPSA) is 66.9 Å². The molecule has 0 aliphatic heterocycles. The number of nitrogens with one attached hydrogen (secondary N) is 2. The van der Waals surface area contributed by atoms with E-state index in [9.17, 15) is 4.79 Å². The lowest BCUT2D eigenvalue weighted by atomic mass is 10.1. The van der Waals surface area contributed by atoms with Crippen LogP contribution in [-0.2, 0) is 6.42 Å². The fourth-order valence-corrected chi connectivity index (χ4v) is 2.49. The zero-order valence-electron chi connectivity index (χ0n) is 15.2. The normalized spacial score (nSPS) is 10.4. The van der Waals surface area contributed by atoms with E-state index in [0.717, 1.165) is 17.8 Å². The Morgan fingerprint density at radius 1 is 0.923 bits per heavy atom. The lowest BCUT2D eigenvalue weighted by Gasteiger charge is -2.08. The molecule has 0 radical (unpaired) electrons. The number of hydrogen-bond acceptors (Lipinski definition) is 4. The molecule has 0 bridgehead atoms. The summed E-state index contributed by atoms with van der Waals surface area (Å²) in [6.07, 6.45) is 4.01. The Balaban J connectivity index is 1.66. The molecule has 0 aliphatic carbocycles. The average molecular weight is 346 g/mol. The SMILES string of the molecule is CCc1ccc(NC(=O)c2cnc(Nc3ccc(C)c(C)c3)nc2)cc1. The molecule has 1 aromatic heterocycles. The zero-order valence-corrected chi connectivity index (χ0v) is 15.2. The molecule has 5 nitrogen and oxygen atoms in total. The number of rotatable bonds is 5. The second-order valence-electron chi connectivity index (χ2n) is 6.22. The third-order valence-electron chi connectivity index (χ3n) is 4.30. The molecule has 3 rings (SSSR count). The highest BCUT2D eigenvalue weighted by Gasteiger charge is 2.08. The molecular weight excluding hydrogens is 324 g/mol. The van der Waals surface area contributed by atoms with Gasteiger partial charge in [0.25, 0.3) is 5.91 Å². The highest BCUT2D eigenvalue weighted by atomic mass is 16.1. The van der Waals surface area contributed by atoms with Crippen LogP contribution in [0.3, 0.4) is 0 Å². The summed E-state index contributed by atoms with van der Waals surface area (Å²) < 4.78 is 0. The highest BCUT2D eigenvalue weighted by Crippen LogP contribution is 2.17. The monoisotopic (exact) mass is 346 g/mol. The zero-order chi connectivity index (χ0) is 18.5. The number of carbonyl (C=O) groups excluding carboxylic acids is 1. The van der Waals surface area contributed by atoms with Crippen LogP contribution < -0.4 is 10.6 Å². The van der Waals surface area contributed by atoms with Gasteiger partial charge in [-0.15, -0.1) is 0 Å². The Bertz CT molecular complexity index is 902. The van der Waals surface area contributed by atoms with Gasteiger partial charge in [-0.1, -0.05) is 25.1 Å². The van der Waals surface area contributed by atoms with Crippen molar-refractivity contribution in [3.05, 3.63) is 77.1 Å². The smallest absolute Gasteiger partial charge is 0.258 e. The van der Waals surface area contributed by atoms with Gasteiger partial charge in [0.05, 0.1) is 5.56 Å². The first kappa shape index (κ1) is 17.6. The van der Waals surface area contributed by atoms with Gasteiger partial charge in [0.15, 0.2) is 0 Å². The molecule has 2 aromatic carbocycles. The van der Waals surface area contributed by atoms with Crippen molar-refractivity contribution in [2.75, 3.05) is 10.6 Å². The van der Waals surface area contributed by atoms with Gasteiger partial charge < -0.3 is 10.6 Å². The van der Waals surface area contributed by atoms with Crippen molar-refractivity contribution >= 4 is 23.2 Å². The fraction of sp³-hybridized carbons (Fsp3) is 0.190. The molecule has 0 saturated carbocycles.